The number of rotatable bonds is 6. The molecule has 1 amide bonds. The van der Waals surface area contributed by atoms with Gasteiger partial charge in [-0.25, -0.2) is 9.48 Å². The molecule has 8 heteroatoms. The second-order valence-corrected chi connectivity index (χ2v) is 7.52. The van der Waals surface area contributed by atoms with Gasteiger partial charge in [0.05, 0.1) is 11.9 Å². The van der Waals surface area contributed by atoms with Crippen LogP contribution in [0.3, 0.4) is 0 Å². The van der Waals surface area contributed by atoms with Crippen LogP contribution in [0.2, 0.25) is 0 Å². The van der Waals surface area contributed by atoms with Crippen LogP contribution in [0.1, 0.15) is 29.4 Å². The van der Waals surface area contributed by atoms with Crippen LogP contribution in [0.5, 0.6) is 0 Å². The maximum atomic E-state index is 12.9. The molecule has 0 aliphatic heterocycles. The Hall–Kier alpha value is -3.94. The standard InChI is InChI=1S/C23H20N4O4/c28-18-14-20(31-19-9-5-4-8-17(18)19)22(29)24-12-13-26-23(30)27(16-10-11-16)21(25-26)15-6-2-1-3-7-15/h1-9,14,16H,10-13H2,(H,24,29). The molecule has 1 saturated carbocycles. The van der Waals surface area contributed by atoms with Gasteiger partial charge in [0.2, 0.25) is 0 Å². The molecule has 2 heterocycles. The zero-order valence-corrected chi connectivity index (χ0v) is 16.7. The molecule has 2 aromatic heterocycles. The van der Waals surface area contributed by atoms with Crippen molar-refractivity contribution < 1.29 is 9.21 Å². The molecular weight excluding hydrogens is 396 g/mol. The number of para-hydroxylation sites is 1. The largest absolute Gasteiger partial charge is 0.451 e. The fourth-order valence-corrected chi connectivity index (χ4v) is 3.59. The normalized spacial score (nSPS) is 13.4. The number of carbonyl (C=O) groups excluding carboxylic acids is 1. The van der Waals surface area contributed by atoms with Gasteiger partial charge >= 0.3 is 5.69 Å². The van der Waals surface area contributed by atoms with Crippen molar-refractivity contribution in [1.29, 1.82) is 0 Å². The smallest absolute Gasteiger partial charge is 0.346 e. The Bertz CT molecular complexity index is 1380. The fraction of sp³-hybridized carbons (Fsp3) is 0.217. The van der Waals surface area contributed by atoms with E-state index in [0.29, 0.717) is 16.8 Å². The van der Waals surface area contributed by atoms with Gasteiger partial charge in [0, 0.05) is 24.2 Å². The van der Waals surface area contributed by atoms with Crippen LogP contribution < -0.4 is 16.4 Å². The summed E-state index contributed by atoms with van der Waals surface area (Å²) >= 11 is 0. The lowest BCUT2D eigenvalue weighted by Crippen LogP contribution is -2.32. The summed E-state index contributed by atoms with van der Waals surface area (Å²) in [6.45, 7) is 0.382. The maximum absolute atomic E-state index is 12.9. The van der Waals surface area contributed by atoms with Gasteiger partial charge in [-0.05, 0) is 25.0 Å². The van der Waals surface area contributed by atoms with Gasteiger partial charge in [0.1, 0.15) is 5.58 Å². The highest BCUT2D eigenvalue weighted by Crippen LogP contribution is 2.36. The van der Waals surface area contributed by atoms with Gasteiger partial charge in [0.25, 0.3) is 5.91 Å². The lowest BCUT2D eigenvalue weighted by Gasteiger charge is -2.05. The minimum atomic E-state index is -0.513. The molecule has 0 saturated heterocycles. The minimum absolute atomic E-state index is 0.0652. The van der Waals surface area contributed by atoms with Crippen molar-refractivity contribution in [2.75, 3.05) is 6.54 Å². The van der Waals surface area contributed by atoms with Crippen molar-refractivity contribution in [3.8, 4) is 11.4 Å². The van der Waals surface area contributed by atoms with E-state index in [2.05, 4.69) is 10.4 Å². The number of hydrogen-bond acceptors (Lipinski definition) is 5. The van der Waals surface area contributed by atoms with Crippen LogP contribution in [0.15, 0.2) is 74.7 Å². The molecule has 1 aliphatic rings. The van der Waals surface area contributed by atoms with E-state index in [1.54, 1.807) is 28.8 Å². The molecular formula is C23H20N4O4. The predicted molar refractivity (Wildman–Crippen MR) is 115 cm³/mol. The molecule has 31 heavy (non-hydrogen) atoms. The zero-order valence-electron chi connectivity index (χ0n) is 16.7. The van der Waals surface area contributed by atoms with E-state index >= 15 is 0 Å². The molecule has 156 valence electrons. The van der Waals surface area contributed by atoms with Gasteiger partial charge in [-0.3, -0.25) is 14.2 Å². The Morgan fingerprint density at radius 3 is 2.58 bits per heavy atom. The van der Waals surface area contributed by atoms with Crippen molar-refractivity contribution in [3.05, 3.63) is 87.1 Å². The third kappa shape index (κ3) is 3.68. The number of aromatic nitrogens is 3. The Balaban J connectivity index is 1.33. The lowest BCUT2D eigenvalue weighted by molar-refractivity contribution is 0.0924. The van der Waals surface area contributed by atoms with Crippen LogP contribution in [0.25, 0.3) is 22.4 Å². The summed E-state index contributed by atoms with van der Waals surface area (Å²) < 4.78 is 8.66. The first-order valence-electron chi connectivity index (χ1n) is 10.2. The fourth-order valence-electron chi connectivity index (χ4n) is 3.59. The zero-order chi connectivity index (χ0) is 21.4. The average Bonchev–Trinajstić information content (AvgIpc) is 3.58. The summed E-state index contributed by atoms with van der Waals surface area (Å²) in [5, 5.41) is 7.63. The number of amides is 1. The lowest BCUT2D eigenvalue weighted by atomic mass is 10.2. The Labute approximate surface area is 176 Å². The van der Waals surface area contributed by atoms with Crippen molar-refractivity contribution >= 4 is 16.9 Å². The van der Waals surface area contributed by atoms with Gasteiger partial charge < -0.3 is 9.73 Å². The number of carbonyl (C=O) groups is 1. The highest BCUT2D eigenvalue weighted by Gasteiger charge is 2.30. The van der Waals surface area contributed by atoms with Crippen LogP contribution in [-0.2, 0) is 6.54 Å². The first kappa shape index (κ1) is 19.0. The number of nitrogens with zero attached hydrogens (tertiary/aromatic N) is 3. The first-order chi connectivity index (χ1) is 15.1. The molecule has 1 N–H and O–H groups in total. The summed E-state index contributed by atoms with van der Waals surface area (Å²) in [7, 11) is 0. The SMILES string of the molecule is O=C(NCCn1nc(-c2ccccc2)n(C2CC2)c1=O)c1cc(=O)c2ccccc2o1. The Morgan fingerprint density at radius 1 is 1.06 bits per heavy atom. The maximum Gasteiger partial charge on any atom is 0.346 e. The van der Waals surface area contributed by atoms with Crippen molar-refractivity contribution in [2.45, 2.75) is 25.4 Å². The van der Waals surface area contributed by atoms with Crippen LogP contribution in [0.4, 0.5) is 0 Å². The summed E-state index contributed by atoms with van der Waals surface area (Å²) in [6.07, 6.45) is 1.92. The molecule has 0 bridgehead atoms. The molecule has 4 aromatic rings. The molecule has 2 aromatic carbocycles. The summed E-state index contributed by atoms with van der Waals surface area (Å²) in [5.41, 5.74) is 0.769. The van der Waals surface area contributed by atoms with E-state index in [1.165, 1.54) is 10.7 Å². The van der Waals surface area contributed by atoms with Gasteiger partial charge in [-0.2, -0.15) is 0 Å². The number of fused-ring (bicyclic) bond motifs is 1. The quantitative estimate of drug-likeness (QED) is 0.521. The number of hydrogen-bond donors (Lipinski definition) is 1. The second kappa shape index (κ2) is 7.71. The van der Waals surface area contributed by atoms with E-state index < -0.39 is 5.91 Å². The van der Waals surface area contributed by atoms with Crippen molar-refractivity contribution in [2.24, 2.45) is 0 Å². The summed E-state index contributed by atoms with van der Waals surface area (Å²) in [6, 6.07) is 17.7. The highest BCUT2D eigenvalue weighted by atomic mass is 16.3. The van der Waals surface area contributed by atoms with Gasteiger partial charge in [-0.1, -0.05) is 42.5 Å². The van der Waals surface area contributed by atoms with E-state index in [-0.39, 0.29) is 36.0 Å². The Morgan fingerprint density at radius 2 is 1.81 bits per heavy atom. The molecule has 5 rings (SSSR count). The van der Waals surface area contributed by atoms with Crippen molar-refractivity contribution in [1.82, 2.24) is 19.7 Å². The first-order valence-corrected chi connectivity index (χ1v) is 10.2. The molecule has 1 fully saturated rings. The monoisotopic (exact) mass is 416 g/mol. The Kier molecular flexibility index (Phi) is 4.74. The molecule has 0 atom stereocenters. The van der Waals surface area contributed by atoms with E-state index in [1.807, 2.05) is 30.3 Å². The van der Waals surface area contributed by atoms with E-state index in [0.717, 1.165) is 18.4 Å². The van der Waals surface area contributed by atoms with Crippen LogP contribution in [0, 0.1) is 0 Å². The molecule has 0 radical (unpaired) electrons. The van der Waals surface area contributed by atoms with Crippen LogP contribution >= 0.6 is 0 Å². The van der Waals surface area contributed by atoms with Crippen molar-refractivity contribution in [3.63, 3.8) is 0 Å². The average molecular weight is 416 g/mol. The topological polar surface area (TPSA) is 99.1 Å². The number of nitrogens with one attached hydrogen (secondary N) is 1. The van der Waals surface area contributed by atoms with Crippen LogP contribution in [-0.4, -0.2) is 26.8 Å². The second-order valence-electron chi connectivity index (χ2n) is 7.52. The summed E-state index contributed by atoms with van der Waals surface area (Å²) in [5.74, 6) is 0.0605. The molecule has 1 aliphatic carbocycles. The predicted octanol–water partition coefficient (Wildman–Crippen LogP) is 2.58. The van der Waals surface area contributed by atoms with E-state index in [4.69, 9.17) is 4.42 Å². The molecule has 0 unspecified atom stereocenters. The summed E-state index contributed by atoms with van der Waals surface area (Å²) in [4.78, 5) is 37.5. The minimum Gasteiger partial charge on any atom is -0.451 e. The third-order valence-electron chi connectivity index (χ3n) is 5.28. The third-order valence-corrected chi connectivity index (χ3v) is 5.28. The highest BCUT2D eigenvalue weighted by molar-refractivity contribution is 5.93. The molecule has 8 nitrogen and oxygen atoms in total. The van der Waals surface area contributed by atoms with Gasteiger partial charge in [-0.15, -0.1) is 5.10 Å². The van der Waals surface area contributed by atoms with Gasteiger partial charge in [0.15, 0.2) is 17.0 Å². The molecule has 0 spiro atoms. The number of benzene rings is 2. The van der Waals surface area contributed by atoms with E-state index in [9.17, 15) is 14.4 Å².